The number of carboxylic acid groups (broad SMARTS) is 2. The number of hydrogen-bond acceptors (Lipinski definition) is 9. The fourth-order valence-electron chi connectivity index (χ4n) is 2.82. The highest BCUT2D eigenvalue weighted by Crippen LogP contribution is 2.07. The van der Waals surface area contributed by atoms with Gasteiger partial charge in [0.2, 0.25) is 17.7 Å². The summed E-state index contributed by atoms with van der Waals surface area (Å²) in [6.45, 7) is 1.71. The molecule has 0 aliphatic heterocycles. The number of carbonyl (C=O) groups is 5. The summed E-state index contributed by atoms with van der Waals surface area (Å²) in [5, 5.41) is 34.9. The maximum Gasteiger partial charge on any atom is 0.326 e. The molecule has 34 heavy (non-hydrogen) atoms. The van der Waals surface area contributed by atoms with Crippen LogP contribution in [0.3, 0.4) is 0 Å². The van der Waals surface area contributed by atoms with E-state index in [1.54, 1.807) is 6.26 Å². The maximum absolute atomic E-state index is 12.9. The molecule has 0 aliphatic rings. The number of unbranched alkanes of at least 4 members (excludes halogenated alkanes) is 1. The molecule has 13 nitrogen and oxygen atoms in total. The molecule has 3 amide bonds. The van der Waals surface area contributed by atoms with Gasteiger partial charge in [-0.25, -0.2) is 4.79 Å². The molecule has 5 unspecified atom stereocenters. The molecular weight excluding hydrogens is 470 g/mol. The van der Waals surface area contributed by atoms with E-state index in [1.807, 2.05) is 0 Å². The number of aliphatic hydroxyl groups excluding tert-OH is 1. The second-order valence-corrected chi connectivity index (χ2v) is 8.77. The van der Waals surface area contributed by atoms with E-state index in [0.29, 0.717) is 25.1 Å². The molecule has 0 heterocycles. The van der Waals surface area contributed by atoms with Crippen LogP contribution in [0.25, 0.3) is 0 Å². The van der Waals surface area contributed by atoms with Gasteiger partial charge in [-0.15, -0.1) is 0 Å². The van der Waals surface area contributed by atoms with E-state index < -0.39 is 66.4 Å². The third-order valence-corrected chi connectivity index (χ3v) is 5.55. The normalized spacial score (nSPS) is 15.3. The number of aliphatic carboxylic acids is 2. The van der Waals surface area contributed by atoms with Crippen molar-refractivity contribution in [3.8, 4) is 0 Å². The zero-order valence-corrected chi connectivity index (χ0v) is 20.3. The van der Waals surface area contributed by atoms with Gasteiger partial charge in [-0.2, -0.15) is 11.8 Å². The summed E-state index contributed by atoms with van der Waals surface area (Å²) in [5.74, 6) is -4.35. The van der Waals surface area contributed by atoms with E-state index in [1.165, 1.54) is 18.7 Å². The van der Waals surface area contributed by atoms with E-state index in [9.17, 15) is 34.2 Å². The number of rotatable bonds is 18. The molecule has 0 radical (unpaired) electrons. The lowest BCUT2D eigenvalue weighted by Crippen LogP contribution is -2.58. The first kappa shape index (κ1) is 31.6. The van der Waals surface area contributed by atoms with Gasteiger partial charge in [-0.1, -0.05) is 0 Å². The monoisotopic (exact) mass is 507 g/mol. The van der Waals surface area contributed by atoms with Crippen LogP contribution in [0.2, 0.25) is 0 Å². The van der Waals surface area contributed by atoms with Crippen molar-refractivity contribution in [1.82, 2.24) is 16.0 Å². The Morgan fingerprint density at radius 2 is 1.38 bits per heavy atom. The molecule has 14 heteroatoms. The largest absolute Gasteiger partial charge is 0.481 e. The van der Waals surface area contributed by atoms with Crippen molar-refractivity contribution >= 4 is 41.4 Å². The fraction of sp³-hybridized carbons (Fsp3) is 0.750. The van der Waals surface area contributed by atoms with Crippen LogP contribution in [0.15, 0.2) is 0 Å². The molecule has 0 aliphatic carbocycles. The predicted octanol–water partition coefficient (Wildman–Crippen LogP) is -2.02. The van der Waals surface area contributed by atoms with Gasteiger partial charge in [-0.05, 0) is 57.6 Å². The van der Waals surface area contributed by atoms with Crippen molar-refractivity contribution < 1.29 is 39.3 Å². The van der Waals surface area contributed by atoms with Gasteiger partial charge in [-0.3, -0.25) is 19.2 Å². The number of nitrogens with two attached hydrogens (primary N) is 2. The molecule has 196 valence electrons. The Morgan fingerprint density at radius 3 is 1.85 bits per heavy atom. The van der Waals surface area contributed by atoms with Gasteiger partial charge in [0.05, 0.1) is 6.10 Å². The van der Waals surface area contributed by atoms with Gasteiger partial charge >= 0.3 is 11.9 Å². The zero-order valence-electron chi connectivity index (χ0n) is 19.5. The van der Waals surface area contributed by atoms with Crippen LogP contribution in [0.1, 0.15) is 45.4 Å². The minimum Gasteiger partial charge on any atom is -0.481 e. The van der Waals surface area contributed by atoms with Gasteiger partial charge in [0, 0.05) is 6.42 Å². The van der Waals surface area contributed by atoms with Crippen molar-refractivity contribution in [2.24, 2.45) is 11.5 Å². The van der Waals surface area contributed by atoms with Crippen LogP contribution in [0.4, 0.5) is 0 Å². The van der Waals surface area contributed by atoms with Gasteiger partial charge < -0.3 is 42.7 Å². The molecule has 0 saturated carbocycles. The second kappa shape index (κ2) is 17.1. The molecule has 0 spiro atoms. The molecule has 10 N–H and O–H groups in total. The van der Waals surface area contributed by atoms with E-state index >= 15 is 0 Å². The molecule has 0 fully saturated rings. The summed E-state index contributed by atoms with van der Waals surface area (Å²) in [7, 11) is 0. The first-order valence-electron chi connectivity index (χ1n) is 10.9. The number of aliphatic hydroxyl groups is 1. The third-order valence-electron chi connectivity index (χ3n) is 4.91. The summed E-state index contributed by atoms with van der Waals surface area (Å²) in [6.07, 6.45) is 1.31. The van der Waals surface area contributed by atoms with Crippen LogP contribution in [-0.2, 0) is 24.0 Å². The van der Waals surface area contributed by atoms with Crippen molar-refractivity contribution in [3.63, 3.8) is 0 Å². The van der Waals surface area contributed by atoms with Crippen molar-refractivity contribution in [2.75, 3.05) is 18.6 Å². The Hall–Kier alpha value is -2.42. The Bertz CT molecular complexity index is 694. The smallest absolute Gasteiger partial charge is 0.326 e. The summed E-state index contributed by atoms with van der Waals surface area (Å²) in [6, 6.07) is -4.88. The minimum absolute atomic E-state index is 0.167. The Kier molecular flexibility index (Phi) is 15.9. The van der Waals surface area contributed by atoms with Crippen molar-refractivity contribution in [2.45, 2.75) is 75.7 Å². The number of thioether (sulfide) groups is 1. The van der Waals surface area contributed by atoms with E-state index in [-0.39, 0.29) is 19.3 Å². The third kappa shape index (κ3) is 12.7. The van der Waals surface area contributed by atoms with Crippen LogP contribution in [0.5, 0.6) is 0 Å². The maximum atomic E-state index is 12.9. The topological polar surface area (TPSA) is 234 Å². The summed E-state index contributed by atoms with van der Waals surface area (Å²) < 4.78 is 0. The second-order valence-electron chi connectivity index (χ2n) is 7.79. The lowest BCUT2D eigenvalue weighted by atomic mass is 10.1. The van der Waals surface area contributed by atoms with Crippen molar-refractivity contribution in [3.05, 3.63) is 0 Å². The zero-order chi connectivity index (χ0) is 26.3. The summed E-state index contributed by atoms with van der Waals surface area (Å²) >= 11 is 1.40. The number of hydrogen-bond donors (Lipinski definition) is 8. The molecule has 0 bridgehead atoms. The first-order valence-corrected chi connectivity index (χ1v) is 12.3. The molecule has 0 aromatic rings. The van der Waals surface area contributed by atoms with Crippen LogP contribution in [0, 0.1) is 0 Å². The molecule has 0 aromatic carbocycles. The lowest BCUT2D eigenvalue weighted by molar-refractivity contribution is -0.143. The number of carboxylic acids is 2. The number of carbonyl (C=O) groups excluding carboxylic acids is 3. The van der Waals surface area contributed by atoms with Gasteiger partial charge in [0.25, 0.3) is 0 Å². The SMILES string of the molecule is CSCCC(NC(=O)C(CCCCN)NC(=O)C(N)C(C)O)C(=O)NC(CCC(=O)O)C(=O)O. The van der Waals surface area contributed by atoms with E-state index in [4.69, 9.17) is 16.6 Å². The number of nitrogens with one attached hydrogen (secondary N) is 3. The van der Waals surface area contributed by atoms with Crippen molar-refractivity contribution in [1.29, 1.82) is 0 Å². The Balaban J connectivity index is 5.47. The van der Waals surface area contributed by atoms with E-state index in [2.05, 4.69) is 16.0 Å². The Labute approximate surface area is 202 Å². The van der Waals surface area contributed by atoms with Crippen LogP contribution in [-0.4, -0.2) is 93.8 Å². The van der Waals surface area contributed by atoms with Gasteiger partial charge in [0.15, 0.2) is 0 Å². The molecule has 0 rings (SSSR count). The average molecular weight is 508 g/mol. The Morgan fingerprint density at radius 1 is 0.853 bits per heavy atom. The molecule has 0 aromatic heterocycles. The lowest BCUT2D eigenvalue weighted by Gasteiger charge is -2.25. The highest BCUT2D eigenvalue weighted by Gasteiger charge is 2.30. The summed E-state index contributed by atoms with van der Waals surface area (Å²) in [5.41, 5.74) is 11.1. The van der Waals surface area contributed by atoms with E-state index in [0.717, 1.165) is 0 Å². The van der Waals surface area contributed by atoms with Gasteiger partial charge in [0.1, 0.15) is 24.2 Å². The minimum atomic E-state index is -1.44. The predicted molar refractivity (Wildman–Crippen MR) is 126 cm³/mol. The molecule has 5 atom stereocenters. The highest BCUT2D eigenvalue weighted by atomic mass is 32.2. The van der Waals surface area contributed by atoms with Crippen LogP contribution >= 0.6 is 11.8 Å². The highest BCUT2D eigenvalue weighted by molar-refractivity contribution is 7.98. The quantitative estimate of drug-likeness (QED) is 0.0943. The standard InChI is InChI=1S/C20H37N5O8S/c1-11(26)16(22)19(31)24-12(5-3-4-9-21)17(29)23-13(8-10-34-2)18(30)25-14(20(32)33)6-7-15(27)28/h11-14,16,26H,3-10,21-22H2,1-2H3,(H,23,29)(H,24,31)(H,25,30)(H,27,28)(H,32,33). The molecule has 0 saturated heterocycles. The first-order chi connectivity index (χ1) is 15.9. The fourth-order valence-corrected chi connectivity index (χ4v) is 3.29. The molecular formula is C20H37N5O8S. The van der Waals surface area contributed by atoms with Crippen LogP contribution < -0.4 is 27.4 Å². The summed E-state index contributed by atoms with van der Waals surface area (Å²) in [4.78, 5) is 60.1. The number of amides is 3. The average Bonchev–Trinajstić information content (AvgIpc) is 2.77.